The van der Waals surface area contributed by atoms with Crippen molar-refractivity contribution in [2.75, 3.05) is 6.54 Å². The van der Waals surface area contributed by atoms with Gasteiger partial charge in [-0.25, -0.2) is 4.39 Å². The molecular weight excluding hydrogens is 241 g/mol. The number of amides is 1. The van der Waals surface area contributed by atoms with Crippen LogP contribution in [0.1, 0.15) is 44.6 Å². The normalized spacial score (nSPS) is 16.3. The Hall–Kier alpha value is -1.38. The van der Waals surface area contributed by atoms with Gasteiger partial charge in [0, 0.05) is 12.6 Å². The van der Waals surface area contributed by atoms with E-state index in [1.807, 2.05) is 17.9 Å². The first-order valence-electron chi connectivity index (χ1n) is 7.24. The number of halogens is 1. The number of hydrogen-bond donors (Lipinski definition) is 0. The molecule has 2 nitrogen and oxygen atoms in total. The van der Waals surface area contributed by atoms with Gasteiger partial charge in [0.2, 0.25) is 5.91 Å². The number of hydrogen-bond acceptors (Lipinski definition) is 1. The molecule has 104 valence electrons. The largest absolute Gasteiger partial charge is 0.340 e. The molecule has 0 bridgehead atoms. The quantitative estimate of drug-likeness (QED) is 0.813. The molecule has 19 heavy (non-hydrogen) atoms. The number of benzene rings is 1. The van der Waals surface area contributed by atoms with Gasteiger partial charge < -0.3 is 4.90 Å². The predicted molar refractivity (Wildman–Crippen MR) is 74.4 cm³/mol. The lowest BCUT2D eigenvalue weighted by Gasteiger charge is -2.33. The lowest BCUT2D eigenvalue weighted by molar-refractivity contribution is -0.133. The van der Waals surface area contributed by atoms with Gasteiger partial charge in [-0.3, -0.25) is 4.79 Å². The topological polar surface area (TPSA) is 20.3 Å². The van der Waals surface area contributed by atoms with E-state index in [1.165, 1.54) is 31.4 Å². The van der Waals surface area contributed by atoms with E-state index in [-0.39, 0.29) is 11.7 Å². The monoisotopic (exact) mass is 263 g/mol. The summed E-state index contributed by atoms with van der Waals surface area (Å²) in [4.78, 5) is 14.3. The van der Waals surface area contributed by atoms with Gasteiger partial charge in [0.15, 0.2) is 0 Å². The van der Waals surface area contributed by atoms with E-state index >= 15 is 0 Å². The summed E-state index contributed by atoms with van der Waals surface area (Å²) in [6, 6.07) is 6.73. The first-order chi connectivity index (χ1) is 9.20. The van der Waals surface area contributed by atoms with Gasteiger partial charge in [0.1, 0.15) is 5.82 Å². The van der Waals surface area contributed by atoms with Gasteiger partial charge in [-0.05, 0) is 37.5 Å². The zero-order valence-electron chi connectivity index (χ0n) is 11.6. The van der Waals surface area contributed by atoms with Gasteiger partial charge in [-0.2, -0.15) is 0 Å². The maximum Gasteiger partial charge on any atom is 0.227 e. The summed E-state index contributed by atoms with van der Waals surface area (Å²) < 4.78 is 13.1. The van der Waals surface area contributed by atoms with Gasteiger partial charge in [-0.1, -0.05) is 31.4 Å². The Kier molecular flexibility index (Phi) is 4.94. The molecule has 0 heterocycles. The van der Waals surface area contributed by atoms with Crippen molar-refractivity contribution >= 4 is 5.91 Å². The zero-order valence-corrected chi connectivity index (χ0v) is 11.6. The zero-order chi connectivity index (χ0) is 13.7. The standard InChI is InChI=1S/C16H22FNO/c1-2-18(15-9-4-3-5-10-15)16(19)12-13-7-6-8-14(17)11-13/h6-8,11,15H,2-5,9-10,12H2,1H3. The van der Waals surface area contributed by atoms with Crippen LogP contribution in [0.3, 0.4) is 0 Å². The molecule has 0 aromatic heterocycles. The fraction of sp³-hybridized carbons (Fsp3) is 0.562. The molecule has 1 aliphatic rings. The second-order valence-electron chi connectivity index (χ2n) is 5.28. The Balaban J connectivity index is 2.00. The first kappa shape index (κ1) is 14.0. The van der Waals surface area contributed by atoms with E-state index in [0.29, 0.717) is 12.5 Å². The molecule has 0 aliphatic heterocycles. The molecule has 0 spiro atoms. The Labute approximate surface area is 114 Å². The van der Waals surface area contributed by atoms with Crippen LogP contribution in [0.4, 0.5) is 4.39 Å². The Morgan fingerprint density at radius 3 is 2.68 bits per heavy atom. The lowest BCUT2D eigenvalue weighted by atomic mass is 9.93. The fourth-order valence-corrected chi connectivity index (χ4v) is 2.95. The third-order valence-corrected chi connectivity index (χ3v) is 3.92. The molecule has 1 fully saturated rings. The minimum Gasteiger partial charge on any atom is -0.340 e. The van der Waals surface area contributed by atoms with E-state index < -0.39 is 0 Å². The van der Waals surface area contributed by atoms with Gasteiger partial charge in [0.05, 0.1) is 6.42 Å². The maximum atomic E-state index is 13.1. The molecule has 1 saturated carbocycles. The summed E-state index contributed by atoms with van der Waals surface area (Å²) in [6.07, 6.45) is 6.25. The van der Waals surface area contributed by atoms with Crippen LogP contribution in [0.5, 0.6) is 0 Å². The van der Waals surface area contributed by atoms with E-state index in [0.717, 1.165) is 24.9 Å². The second-order valence-corrected chi connectivity index (χ2v) is 5.28. The third-order valence-electron chi connectivity index (χ3n) is 3.92. The van der Waals surface area contributed by atoms with Crippen LogP contribution in [0.25, 0.3) is 0 Å². The fourth-order valence-electron chi connectivity index (χ4n) is 2.95. The third kappa shape index (κ3) is 3.79. The minimum absolute atomic E-state index is 0.125. The summed E-state index contributed by atoms with van der Waals surface area (Å²) in [5.74, 6) is -0.147. The Bertz CT molecular complexity index is 427. The number of rotatable bonds is 4. The summed E-state index contributed by atoms with van der Waals surface area (Å²) in [5.41, 5.74) is 0.763. The summed E-state index contributed by atoms with van der Waals surface area (Å²) in [5, 5.41) is 0. The molecule has 1 aliphatic carbocycles. The highest BCUT2D eigenvalue weighted by atomic mass is 19.1. The predicted octanol–water partition coefficient (Wildman–Crippen LogP) is 3.55. The van der Waals surface area contributed by atoms with E-state index in [9.17, 15) is 9.18 Å². The molecule has 0 radical (unpaired) electrons. The number of carbonyl (C=O) groups excluding carboxylic acids is 1. The van der Waals surface area contributed by atoms with Gasteiger partial charge >= 0.3 is 0 Å². The summed E-state index contributed by atoms with van der Waals surface area (Å²) in [6.45, 7) is 2.77. The average Bonchev–Trinajstić information content (AvgIpc) is 2.41. The Morgan fingerprint density at radius 2 is 2.05 bits per heavy atom. The van der Waals surface area contributed by atoms with Crippen molar-refractivity contribution in [1.82, 2.24) is 4.90 Å². The van der Waals surface area contributed by atoms with Crippen LogP contribution < -0.4 is 0 Å². The number of carbonyl (C=O) groups is 1. The molecule has 0 saturated heterocycles. The van der Waals surface area contributed by atoms with Crippen LogP contribution in [-0.2, 0) is 11.2 Å². The molecular formula is C16H22FNO. The summed E-state index contributed by atoms with van der Waals surface area (Å²) >= 11 is 0. The van der Waals surface area contributed by atoms with Crippen LogP contribution in [0, 0.1) is 5.82 Å². The highest BCUT2D eigenvalue weighted by Crippen LogP contribution is 2.23. The second kappa shape index (κ2) is 6.69. The van der Waals surface area contributed by atoms with E-state index in [2.05, 4.69) is 0 Å². The number of nitrogens with zero attached hydrogens (tertiary/aromatic N) is 1. The van der Waals surface area contributed by atoms with Crippen molar-refractivity contribution in [2.24, 2.45) is 0 Å². The van der Waals surface area contributed by atoms with Gasteiger partial charge in [-0.15, -0.1) is 0 Å². The highest BCUT2D eigenvalue weighted by Gasteiger charge is 2.23. The molecule has 1 amide bonds. The SMILES string of the molecule is CCN(C(=O)Cc1cccc(F)c1)C1CCCCC1. The smallest absolute Gasteiger partial charge is 0.227 e. The summed E-state index contributed by atoms with van der Waals surface area (Å²) in [7, 11) is 0. The van der Waals surface area contributed by atoms with Crippen molar-refractivity contribution in [3.63, 3.8) is 0 Å². The van der Waals surface area contributed by atoms with Crippen molar-refractivity contribution < 1.29 is 9.18 Å². The molecule has 3 heteroatoms. The van der Waals surface area contributed by atoms with Crippen LogP contribution in [0.15, 0.2) is 24.3 Å². The highest BCUT2D eigenvalue weighted by molar-refractivity contribution is 5.79. The van der Waals surface area contributed by atoms with Crippen LogP contribution in [-0.4, -0.2) is 23.4 Å². The van der Waals surface area contributed by atoms with Crippen LogP contribution >= 0.6 is 0 Å². The molecule has 0 atom stereocenters. The van der Waals surface area contributed by atoms with E-state index in [1.54, 1.807) is 6.07 Å². The lowest BCUT2D eigenvalue weighted by Crippen LogP contribution is -2.42. The maximum absolute atomic E-state index is 13.1. The van der Waals surface area contributed by atoms with Crippen molar-refractivity contribution in [2.45, 2.75) is 51.5 Å². The van der Waals surface area contributed by atoms with Crippen molar-refractivity contribution in [1.29, 1.82) is 0 Å². The average molecular weight is 263 g/mol. The number of likely N-dealkylation sites (N-methyl/N-ethyl adjacent to an activating group) is 1. The Morgan fingerprint density at radius 1 is 1.32 bits per heavy atom. The molecule has 1 aromatic carbocycles. The minimum atomic E-state index is -0.272. The van der Waals surface area contributed by atoms with Gasteiger partial charge in [0.25, 0.3) is 0 Å². The van der Waals surface area contributed by atoms with Crippen molar-refractivity contribution in [3.8, 4) is 0 Å². The van der Waals surface area contributed by atoms with Crippen LogP contribution in [0.2, 0.25) is 0 Å². The van der Waals surface area contributed by atoms with E-state index in [4.69, 9.17) is 0 Å². The molecule has 1 aromatic rings. The first-order valence-corrected chi connectivity index (χ1v) is 7.24. The molecule has 0 unspecified atom stereocenters. The molecule has 0 N–H and O–H groups in total. The van der Waals surface area contributed by atoms with Crippen molar-refractivity contribution in [3.05, 3.63) is 35.6 Å². The molecule has 2 rings (SSSR count).